The number of carbonyl (C=O) groups is 1. The number of para-hydroxylation sites is 1. The van der Waals surface area contributed by atoms with Crippen molar-refractivity contribution >= 4 is 20.1 Å². The molecule has 0 unspecified atom stereocenters. The number of benzene rings is 2. The number of anilines is 1. The lowest BCUT2D eigenvalue weighted by Gasteiger charge is -2.42. The zero-order valence-electron chi connectivity index (χ0n) is 20.5. The molecule has 3 atom stereocenters. The van der Waals surface area contributed by atoms with E-state index in [2.05, 4.69) is 33.9 Å². The Morgan fingerprint density at radius 3 is 2.33 bits per heavy atom. The van der Waals surface area contributed by atoms with E-state index in [1.54, 1.807) is 4.90 Å². The number of nitrogens with zero attached hydrogens (tertiary/aromatic N) is 1. The lowest BCUT2D eigenvalue weighted by Crippen LogP contribution is -2.54. The number of ether oxygens (including phenoxy) is 1. The van der Waals surface area contributed by atoms with E-state index in [0.717, 1.165) is 24.2 Å². The molecule has 0 spiro atoms. The molecule has 0 radical (unpaired) electrons. The number of hydrogen-bond donors (Lipinski definition) is 2. The van der Waals surface area contributed by atoms with Crippen molar-refractivity contribution in [3.05, 3.63) is 60.2 Å². The highest BCUT2D eigenvalue weighted by Gasteiger charge is 2.46. The van der Waals surface area contributed by atoms with E-state index in [9.17, 15) is 9.90 Å². The fourth-order valence-corrected chi connectivity index (χ4v) is 5.51. The average molecular weight is 471 g/mol. The Morgan fingerprint density at radius 2 is 1.76 bits per heavy atom. The highest BCUT2D eigenvalue weighted by atomic mass is 28.4. The van der Waals surface area contributed by atoms with Crippen molar-refractivity contribution in [1.29, 1.82) is 0 Å². The van der Waals surface area contributed by atoms with Crippen LogP contribution in [0.4, 0.5) is 10.5 Å². The number of nitrogen functional groups attached to an aromatic ring is 1. The van der Waals surface area contributed by atoms with Gasteiger partial charge in [0, 0.05) is 11.7 Å². The molecule has 3 rings (SSSR count). The van der Waals surface area contributed by atoms with Crippen molar-refractivity contribution in [2.75, 3.05) is 12.3 Å². The quantitative estimate of drug-likeness (QED) is 0.377. The monoisotopic (exact) mass is 470 g/mol. The van der Waals surface area contributed by atoms with Gasteiger partial charge in [-0.15, -0.1) is 0 Å². The molecule has 1 aliphatic rings. The van der Waals surface area contributed by atoms with Crippen LogP contribution in [0.3, 0.4) is 0 Å². The normalized spacial score (nSPS) is 20.0. The number of nitrogens with two attached hydrogens (primary N) is 1. The van der Waals surface area contributed by atoms with Crippen LogP contribution < -0.4 is 10.5 Å². The standard InChI is InChI=1S/C26H38N2O4Si/c1-26(2,3)33(4,5)32-24(18-31-22-9-7-6-8-10-22)23-16-15-21(28(23)25(29)30)17-19-11-13-20(27)14-12-19/h6-14,21,23-24H,15-18,27H2,1-5H3,(H,29,30)/t21-,23+,24+/m0/s1. The van der Waals surface area contributed by atoms with Gasteiger partial charge in [0.05, 0.1) is 12.1 Å². The second-order valence-corrected chi connectivity index (χ2v) is 15.2. The first-order chi connectivity index (χ1) is 15.5. The van der Waals surface area contributed by atoms with Crippen LogP contribution in [0.2, 0.25) is 18.1 Å². The SMILES string of the molecule is CC(C)(C)[Si](C)(C)O[C@H](COc1ccccc1)[C@H]1CC[C@@H](Cc2ccc(N)cc2)N1C(=O)O. The summed E-state index contributed by atoms with van der Waals surface area (Å²) in [6, 6.07) is 17.0. The molecular weight excluding hydrogens is 432 g/mol. The van der Waals surface area contributed by atoms with E-state index in [1.165, 1.54) is 0 Å². The molecule has 0 aromatic heterocycles. The van der Waals surface area contributed by atoms with Crippen molar-refractivity contribution in [3.63, 3.8) is 0 Å². The molecule has 2 aromatic rings. The van der Waals surface area contributed by atoms with Crippen molar-refractivity contribution in [2.45, 2.75) is 76.4 Å². The van der Waals surface area contributed by atoms with Gasteiger partial charge in [-0.1, -0.05) is 51.1 Å². The molecule has 0 bridgehead atoms. The molecule has 3 N–H and O–H groups in total. The Kier molecular flexibility index (Phi) is 7.75. The van der Waals surface area contributed by atoms with Gasteiger partial charge in [-0.3, -0.25) is 4.90 Å². The van der Waals surface area contributed by atoms with Crippen LogP contribution in [0.1, 0.15) is 39.2 Å². The molecular formula is C26H38N2O4Si. The van der Waals surface area contributed by atoms with Gasteiger partial charge in [-0.2, -0.15) is 0 Å². The summed E-state index contributed by atoms with van der Waals surface area (Å²) in [7, 11) is -2.15. The summed E-state index contributed by atoms with van der Waals surface area (Å²) in [5.74, 6) is 0.764. The molecule has 1 amide bonds. The van der Waals surface area contributed by atoms with Crippen LogP contribution in [0.15, 0.2) is 54.6 Å². The fraction of sp³-hybridized carbons (Fsp3) is 0.500. The van der Waals surface area contributed by atoms with E-state index in [4.69, 9.17) is 14.9 Å². The maximum atomic E-state index is 12.4. The summed E-state index contributed by atoms with van der Waals surface area (Å²) in [5, 5.41) is 10.2. The second kappa shape index (κ2) is 10.2. The predicted octanol–water partition coefficient (Wildman–Crippen LogP) is 5.79. The zero-order valence-corrected chi connectivity index (χ0v) is 21.5. The third kappa shape index (κ3) is 6.30. The van der Waals surface area contributed by atoms with Gasteiger partial charge in [0.1, 0.15) is 12.4 Å². The molecule has 7 heteroatoms. The van der Waals surface area contributed by atoms with Gasteiger partial charge < -0.3 is 20.0 Å². The Hall–Kier alpha value is -2.51. The average Bonchev–Trinajstić information content (AvgIpc) is 3.16. The first-order valence-corrected chi connectivity index (χ1v) is 14.6. The summed E-state index contributed by atoms with van der Waals surface area (Å²) < 4.78 is 12.9. The van der Waals surface area contributed by atoms with Crippen LogP contribution in [0, 0.1) is 0 Å². The molecule has 1 saturated heterocycles. The minimum Gasteiger partial charge on any atom is -0.491 e. The van der Waals surface area contributed by atoms with E-state index in [-0.39, 0.29) is 23.2 Å². The van der Waals surface area contributed by atoms with Gasteiger partial charge >= 0.3 is 6.09 Å². The summed E-state index contributed by atoms with van der Waals surface area (Å²) in [6.07, 6.45) is 0.975. The first-order valence-electron chi connectivity index (χ1n) is 11.7. The highest BCUT2D eigenvalue weighted by Crippen LogP contribution is 2.39. The third-order valence-corrected chi connectivity index (χ3v) is 11.6. The zero-order chi connectivity index (χ0) is 24.2. The molecule has 33 heavy (non-hydrogen) atoms. The molecule has 6 nitrogen and oxygen atoms in total. The Bertz CT molecular complexity index is 912. The largest absolute Gasteiger partial charge is 0.491 e. The highest BCUT2D eigenvalue weighted by molar-refractivity contribution is 6.74. The summed E-state index contributed by atoms with van der Waals surface area (Å²) in [4.78, 5) is 14.0. The molecule has 2 aromatic carbocycles. The van der Waals surface area contributed by atoms with E-state index >= 15 is 0 Å². The topological polar surface area (TPSA) is 85.0 Å². The van der Waals surface area contributed by atoms with Crippen molar-refractivity contribution in [1.82, 2.24) is 4.90 Å². The smallest absolute Gasteiger partial charge is 0.407 e. The van der Waals surface area contributed by atoms with Gasteiger partial charge in [0.25, 0.3) is 0 Å². The molecule has 1 fully saturated rings. The number of likely N-dealkylation sites (tertiary alicyclic amines) is 1. The van der Waals surface area contributed by atoms with Gasteiger partial charge in [-0.05, 0) is 67.2 Å². The molecule has 0 saturated carbocycles. The molecule has 1 aliphatic heterocycles. The number of amides is 1. The Balaban J connectivity index is 1.83. The van der Waals surface area contributed by atoms with Crippen LogP contribution in [0.5, 0.6) is 5.75 Å². The molecule has 180 valence electrons. The van der Waals surface area contributed by atoms with Crippen LogP contribution in [0.25, 0.3) is 0 Å². The maximum absolute atomic E-state index is 12.4. The van der Waals surface area contributed by atoms with E-state index < -0.39 is 14.4 Å². The van der Waals surface area contributed by atoms with E-state index in [0.29, 0.717) is 18.7 Å². The first kappa shape index (κ1) is 25.1. The van der Waals surface area contributed by atoms with Gasteiger partial charge in [-0.25, -0.2) is 4.79 Å². The van der Waals surface area contributed by atoms with Gasteiger partial charge in [0.2, 0.25) is 0 Å². The lowest BCUT2D eigenvalue weighted by atomic mass is 10.0. The minimum absolute atomic E-state index is 0.00796. The summed E-state index contributed by atoms with van der Waals surface area (Å²) >= 11 is 0. The summed E-state index contributed by atoms with van der Waals surface area (Å²) in [6.45, 7) is 11.3. The number of carboxylic acid groups (broad SMARTS) is 1. The minimum atomic E-state index is -2.15. The van der Waals surface area contributed by atoms with Crippen LogP contribution in [-0.4, -0.2) is 49.2 Å². The number of hydrogen-bond acceptors (Lipinski definition) is 4. The fourth-order valence-electron chi connectivity index (χ4n) is 4.18. The number of rotatable bonds is 8. The third-order valence-electron chi connectivity index (χ3n) is 7.06. The van der Waals surface area contributed by atoms with Crippen molar-refractivity contribution in [3.8, 4) is 5.75 Å². The Labute approximate surface area is 198 Å². The van der Waals surface area contributed by atoms with Crippen molar-refractivity contribution in [2.24, 2.45) is 0 Å². The van der Waals surface area contributed by atoms with Crippen molar-refractivity contribution < 1.29 is 19.1 Å². The Morgan fingerprint density at radius 1 is 1.12 bits per heavy atom. The van der Waals surface area contributed by atoms with Crippen LogP contribution in [-0.2, 0) is 10.8 Å². The van der Waals surface area contributed by atoms with Crippen LogP contribution >= 0.6 is 0 Å². The van der Waals surface area contributed by atoms with Gasteiger partial charge in [0.15, 0.2) is 8.32 Å². The lowest BCUT2D eigenvalue weighted by molar-refractivity contribution is 0.0341. The van der Waals surface area contributed by atoms with E-state index in [1.807, 2.05) is 54.6 Å². The molecule has 1 heterocycles. The second-order valence-electron chi connectivity index (χ2n) is 10.5. The summed E-state index contributed by atoms with van der Waals surface area (Å²) in [5.41, 5.74) is 7.61. The maximum Gasteiger partial charge on any atom is 0.407 e. The molecule has 0 aliphatic carbocycles. The predicted molar refractivity (Wildman–Crippen MR) is 135 cm³/mol.